The van der Waals surface area contributed by atoms with Gasteiger partial charge < -0.3 is 5.11 Å². The summed E-state index contributed by atoms with van der Waals surface area (Å²) in [7, 11) is 1.35. The number of anilines is 2. The van der Waals surface area contributed by atoms with Crippen LogP contribution in [0.15, 0.2) is 35.1 Å². The minimum Gasteiger partial charge on any atom is -0.476 e. The first kappa shape index (κ1) is 14.4. The maximum Gasteiger partial charge on any atom is 0.358 e. The Morgan fingerprint density at radius 2 is 2.05 bits per heavy atom. The van der Waals surface area contributed by atoms with Gasteiger partial charge in [0.1, 0.15) is 5.82 Å². The van der Waals surface area contributed by atoms with Crippen LogP contribution in [0, 0.1) is 5.82 Å². The second-order valence-corrected chi connectivity index (χ2v) is 4.84. The third-order valence-corrected chi connectivity index (χ3v) is 3.59. The predicted octanol–water partition coefficient (Wildman–Crippen LogP) is 2.11. The Labute approximate surface area is 126 Å². The van der Waals surface area contributed by atoms with Crippen molar-refractivity contribution in [3.63, 3.8) is 0 Å². The van der Waals surface area contributed by atoms with E-state index in [4.69, 9.17) is 5.11 Å². The Kier molecular flexibility index (Phi) is 4.02. The number of para-hydroxylation sites is 1. The van der Waals surface area contributed by atoms with Gasteiger partial charge in [0.15, 0.2) is 5.69 Å². The molecule has 0 aliphatic carbocycles. The number of carboxylic acid groups (broad SMARTS) is 1. The number of aromatic nitrogens is 2. The highest BCUT2D eigenvalue weighted by atomic mass is 127. The molecular weight excluding hydrogens is 380 g/mol. The van der Waals surface area contributed by atoms with Crippen LogP contribution in [0.4, 0.5) is 15.8 Å². The van der Waals surface area contributed by atoms with E-state index >= 15 is 0 Å². The van der Waals surface area contributed by atoms with Gasteiger partial charge in [0.25, 0.3) is 5.56 Å². The Morgan fingerprint density at radius 3 is 2.65 bits per heavy atom. The summed E-state index contributed by atoms with van der Waals surface area (Å²) >= 11 is 1.73. The smallest absolute Gasteiger partial charge is 0.358 e. The molecule has 0 aliphatic rings. The minimum atomic E-state index is -1.30. The van der Waals surface area contributed by atoms with Crippen LogP contribution < -0.4 is 8.67 Å². The minimum absolute atomic E-state index is 0.0197. The summed E-state index contributed by atoms with van der Waals surface area (Å²) < 4.78 is 15.9. The summed E-state index contributed by atoms with van der Waals surface area (Å²) in [4.78, 5) is 22.8. The molecule has 0 atom stereocenters. The van der Waals surface area contributed by atoms with Crippen molar-refractivity contribution >= 4 is 40.2 Å². The van der Waals surface area contributed by atoms with Gasteiger partial charge in [0, 0.05) is 13.1 Å². The number of hydrogen-bond donors (Lipinski definition) is 1. The largest absolute Gasteiger partial charge is 0.476 e. The van der Waals surface area contributed by atoms with Gasteiger partial charge in [0.2, 0.25) is 0 Å². The average Bonchev–Trinajstić information content (AvgIpc) is 2.41. The molecule has 0 radical (unpaired) electrons. The van der Waals surface area contributed by atoms with Crippen LogP contribution in [0.25, 0.3) is 0 Å². The van der Waals surface area contributed by atoms with Crippen molar-refractivity contribution in [2.75, 3.05) is 3.11 Å². The molecule has 0 bridgehead atoms. The number of halogens is 2. The van der Waals surface area contributed by atoms with E-state index in [1.165, 1.54) is 28.4 Å². The molecule has 104 valence electrons. The van der Waals surface area contributed by atoms with Gasteiger partial charge in [-0.15, -0.1) is 0 Å². The van der Waals surface area contributed by atoms with E-state index < -0.39 is 17.3 Å². The van der Waals surface area contributed by atoms with Gasteiger partial charge >= 0.3 is 5.97 Å². The second-order valence-electron chi connectivity index (χ2n) is 3.88. The summed E-state index contributed by atoms with van der Waals surface area (Å²) in [6, 6.07) is 6.96. The van der Waals surface area contributed by atoms with Crippen molar-refractivity contribution in [1.82, 2.24) is 9.78 Å². The summed E-state index contributed by atoms with van der Waals surface area (Å²) in [6.07, 6.45) is 0. The molecule has 0 amide bonds. The van der Waals surface area contributed by atoms with Crippen molar-refractivity contribution in [2.45, 2.75) is 0 Å². The first-order chi connectivity index (χ1) is 9.41. The Balaban J connectivity index is 2.63. The molecular formula is C12H9FIN3O3. The molecule has 1 aromatic heterocycles. The van der Waals surface area contributed by atoms with Gasteiger partial charge in [-0.3, -0.25) is 7.91 Å². The molecule has 6 nitrogen and oxygen atoms in total. The summed E-state index contributed by atoms with van der Waals surface area (Å²) in [5, 5.41) is 12.8. The highest BCUT2D eigenvalue weighted by Crippen LogP contribution is 2.32. The van der Waals surface area contributed by atoms with E-state index in [2.05, 4.69) is 5.10 Å². The topological polar surface area (TPSA) is 75.4 Å². The van der Waals surface area contributed by atoms with Crippen LogP contribution in [0.5, 0.6) is 0 Å². The normalized spacial score (nSPS) is 10.3. The standard InChI is InChI=1S/C12H9FIN3O3/c1-16-10(18)6-9(11(15-16)12(19)20)17(14)8-5-3-2-4-7(8)13/h2-6H,1H3,(H,19,20). The molecule has 0 unspecified atom stereocenters. The number of benzene rings is 1. The molecule has 1 N–H and O–H groups in total. The van der Waals surface area contributed by atoms with Crippen molar-refractivity contribution in [2.24, 2.45) is 7.05 Å². The molecule has 8 heteroatoms. The molecule has 1 heterocycles. The van der Waals surface area contributed by atoms with E-state index in [1.807, 2.05) is 0 Å². The number of hydrogen-bond acceptors (Lipinski definition) is 4. The predicted molar refractivity (Wildman–Crippen MR) is 79.0 cm³/mol. The number of carbonyl (C=O) groups is 1. The third-order valence-electron chi connectivity index (χ3n) is 2.55. The first-order valence-electron chi connectivity index (χ1n) is 5.44. The van der Waals surface area contributed by atoms with Crippen molar-refractivity contribution in [3.8, 4) is 0 Å². The summed E-state index contributed by atoms with van der Waals surface area (Å²) in [5.74, 6) is -1.83. The fraction of sp³-hybridized carbons (Fsp3) is 0.0833. The molecule has 0 saturated carbocycles. The van der Waals surface area contributed by atoms with Crippen molar-refractivity contribution < 1.29 is 14.3 Å². The highest BCUT2D eigenvalue weighted by Gasteiger charge is 2.21. The summed E-state index contributed by atoms with van der Waals surface area (Å²) in [6.45, 7) is 0. The van der Waals surface area contributed by atoms with Gasteiger partial charge in [-0.25, -0.2) is 13.9 Å². The maximum absolute atomic E-state index is 13.7. The second kappa shape index (κ2) is 5.57. The van der Waals surface area contributed by atoms with Crippen LogP contribution in [-0.2, 0) is 7.05 Å². The third kappa shape index (κ3) is 2.64. The monoisotopic (exact) mass is 389 g/mol. The quantitative estimate of drug-likeness (QED) is 0.643. The Hall–Kier alpha value is -1.97. The van der Waals surface area contributed by atoms with Crippen LogP contribution in [-0.4, -0.2) is 20.9 Å². The Bertz CT molecular complexity index is 732. The number of aromatic carboxylic acids is 1. The lowest BCUT2D eigenvalue weighted by Crippen LogP contribution is -2.24. The zero-order chi connectivity index (χ0) is 14.9. The number of carboxylic acids is 1. The van der Waals surface area contributed by atoms with Gasteiger partial charge in [-0.1, -0.05) is 12.1 Å². The van der Waals surface area contributed by atoms with E-state index in [0.29, 0.717) is 0 Å². The highest BCUT2D eigenvalue weighted by molar-refractivity contribution is 14.1. The SMILES string of the molecule is Cn1nc(C(=O)O)c(N(I)c2ccccc2F)cc1=O. The van der Waals surface area contributed by atoms with Crippen LogP contribution in [0.2, 0.25) is 0 Å². The van der Waals surface area contributed by atoms with Crippen molar-refractivity contribution in [3.05, 3.63) is 52.2 Å². The molecule has 2 aromatic rings. The lowest BCUT2D eigenvalue weighted by molar-refractivity contribution is 0.0689. The van der Waals surface area contributed by atoms with Crippen LogP contribution in [0.3, 0.4) is 0 Å². The molecule has 20 heavy (non-hydrogen) atoms. The fourth-order valence-electron chi connectivity index (χ4n) is 1.57. The van der Waals surface area contributed by atoms with E-state index in [9.17, 15) is 14.0 Å². The first-order valence-corrected chi connectivity index (χ1v) is 6.40. The Morgan fingerprint density at radius 1 is 1.40 bits per heavy atom. The van der Waals surface area contributed by atoms with Crippen molar-refractivity contribution in [1.29, 1.82) is 0 Å². The fourth-order valence-corrected chi connectivity index (χ4v) is 2.33. The molecule has 0 fully saturated rings. The molecule has 2 rings (SSSR count). The lowest BCUT2D eigenvalue weighted by atomic mass is 10.2. The van der Waals surface area contributed by atoms with Crippen LogP contribution >= 0.6 is 22.9 Å². The van der Waals surface area contributed by atoms with E-state index in [-0.39, 0.29) is 17.1 Å². The zero-order valence-electron chi connectivity index (χ0n) is 10.2. The molecule has 1 aromatic carbocycles. The molecule has 0 saturated heterocycles. The average molecular weight is 389 g/mol. The summed E-state index contributed by atoms with van der Waals surface area (Å²) in [5.41, 5.74) is -0.648. The molecule has 0 spiro atoms. The van der Waals surface area contributed by atoms with Gasteiger partial charge in [-0.05, 0) is 12.1 Å². The zero-order valence-corrected chi connectivity index (χ0v) is 12.4. The maximum atomic E-state index is 13.7. The molecule has 0 aliphatic heterocycles. The van der Waals surface area contributed by atoms with Crippen LogP contribution in [0.1, 0.15) is 10.5 Å². The van der Waals surface area contributed by atoms with Gasteiger partial charge in [0.05, 0.1) is 34.2 Å². The lowest BCUT2D eigenvalue weighted by Gasteiger charge is -2.18. The van der Waals surface area contributed by atoms with E-state index in [1.54, 1.807) is 28.9 Å². The van der Waals surface area contributed by atoms with Gasteiger partial charge in [-0.2, -0.15) is 5.10 Å². The number of rotatable bonds is 3. The number of aryl methyl sites for hydroxylation is 1. The number of nitrogens with zero attached hydrogens (tertiary/aromatic N) is 3. The van der Waals surface area contributed by atoms with E-state index in [0.717, 1.165) is 10.7 Å².